The summed E-state index contributed by atoms with van der Waals surface area (Å²) in [4.78, 5) is 26.2. The van der Waals surface area contributed by atoms with Crippen LogP contribution in [0.5, 0.6) is 0 Å². The van der Waals surface area contributed by atoms with E-state index in [4.69, 9.17) is 4.42 Å². The number of carbonyl (C=O) groups is 2. The van der Waals surface area contributed by atoms with E-state index < -0.39 is 5.97 Å². The lowest BCUT2D eigenvalue weighted by Crippen LogP contribution is -2.22. The van der Waals surface area contributed by atoms with Gasteiger partial charge < -0.3 is 14.3 Å². The minimum atomic E-state index is -1.13. The number of rotatable bonds is 6. The first-order chi connectivity index (χ1) is 11.0. The number of pyridine rings is 1. The summed E-state index contributed by atoms with van der Waals surface area (Å²) in [6, 6.07) is 5.01. The number of aryl methyl sites for hydroxylation is 2. The Balaban J connectivity index is 2.06. The second kappa shape index (κ2) is 7.35. The van der Waals surface area contributed by atoms with Crippen molar-refractivity contribution in [1.29, 1.82) is 0 Å². The molecule has 1 amide bonds. The molecule has 0 aliphatic heterocycles. The molecule has 0 aliphatic carbocycles. The maximum absolute atomic E-state index is 11.9. The SMILES string of the molecule is C/C(=N/NC(=O)c1cccnc1)c1cc(CCC(=O)[O-])oc1C. The third kappa shape index (κ3) is 4.50. The van der Waals surface area contributed by atoms with Crippen LogP contribution in [0.1, 0.15) is 40.8 Å². The van der Waals surface area contributed by atoms with Gasteiger partial charge in [-0.25, -0.2) is 5.43 Å². The molecule has 0 aliphatic rings. The van der Waals surface area contributed by atoms with E-state index in [0.717, 1.165) is 0 Å². The summed E-state index contributed by atoms with van der Waals surface area (Å²) in [5, 5.41) is 14.5. The summed E-state index contributed by atoms with van der Waals surface area (Å²) in [6.45, 7) is 3.48. The Hall–Kier alpha value is -2.96. The molecule has 2 heterocycles. The molecule has 0 bridgehead atoms. The van der Waals surface area contributed by atoms with Gasteiger partial charge in [0, 0.05) is 30.3 Å². The van der Waals surface area contributed by atoms with E-state index in [-0.39, 0.29) is 18.7 Å². The Morgan fingerprint density at radius 1 is 1.43 bits per heavy atom. The van der Waals surface area contributed by atoms with Crippen molar-refractivity contribution in [1.82, 2.24) is 10.4 Å². The molecular formula is C16H16N3O4-. The summed E-state index contributed by atoms with van der Waals surface area (Å²) in [6.07, 6.45) is 3.16. The second-order valence-corrected chi connectivity index (χ2v) is 4.93. The van der Waals surface area contributed by atoms with Gasteiger partial charge in [0.1, 0.15) is 11.5 Å². The average Bonchev–Trinajstić information content (AvgIpc) is 2.92. The molecule has 0 saturated carbocycles. The van der Waals surface area contributed by atoms with Gasteiger partial charge in [-0.3, -0.25) is 9.78 Å². The second-order valence-electron chi connectivity index (χ2n) is 4.93. The number of hydrogen-bond acceptors (Lipinski definition) is 6. The molecule has 0 atom stereocenters. The first-order valence-corrected chi connectivity index (χ1v) is 7.01. The third-order valence-corrected chi connectivity index (χ3v) is 3.18. The largest absolute Gasteiger partial charge is 0.550 e. The summed E-state index contributed by atoms with van der Waals surface area (Å²) in [5.74, 6) is -0.351. The van der Waals surface area contributed by atoms with Crippen molar-refractivity contribution in [3.63, 3.8) is 0 Å². The zero-order valence-electron chi connectivity index (χ0n) is 12.8. The fraction of sp³-hybridized carbons (Fsp3) is 0.250. The highest BCUT2D eigenvalue weighted by Crippen LogP contribution is 2.17. The molecule has 120 valence electrons. The lowest BCUT2D eigenvalue weighted by molar-refractivity contribution is -0.305. The Bertz CT molecular complexity index is 735. The molecule has 7 heteroatoms. The quantitative estimate of drug-likeness (QED) is 0.627. The van der Waals surface area contributed by atoms with Crippen molar-refractivity contribution >= 4 is 17.6 Å². The van der Waals surface area contributed by atoms with Gasteiger partial charge in [0.05, 0.1) is 11.3 Å². The average molecular weight is 314 g/mol. The third-order valence-electron chi connectivity index (χ3n) is 3.18. The maximum Gasteiger partial charge on any atom is 0.272 e. The molecule has 0 fully saturated rings. The number of carbonyl (C=O) groups excluding carboxylic acids is 2. The molecule has 0 unspecified atom stereocenters. The Labute approximate surface area is 133 Å². The number of furan rings is 1. The molecule has 2 aromatic heterocycles. The number of aromatic nitrogens is 1. The summed E-state index contributed by atoms with van der Waals surface area (Å²) in [5.41, 5.74) is 4.12. The van der Waals surface area contributed by atoms with E-state index in [1.165, 1.54) is 6.20 Å². The minimum absolute atomic E-state index is 0.111. The van der Waals surface area contributed by atoms with Crippen molar-refractivity contribution in [3.05, 3.63) is 53.2 Å². The molecule has 0 saturated heterocycles. The van der Waals surface area contributed by atoms with E-state index >= 15 is 0 Å². The molecular weight excluding hydrogens is 298 g/mol. The van der Waals surface area contributed by atoms with Crippen molar-refractivity contribution in [3.8, 4) is 0 Å². The standard InChI is InChI=1S/C16H17N3O4/c1-10(18-19-16(22)12-4-3-7-17-9-12)14-8-13(23-11(14)2)5-6-15(20)21/h3-4,7-9H,5-6H2,1-2H3,(H,19,22)(H,20,21)/p-1/b18-10-. The number of aliphatic carboxylic acids is 1. The van der Waals surface area contributed by atoms with Crippen molar-refractivity contribution in [2.45, 2.75) is 26.7 Å². The first-order valence-electron chi connectivity index (χ1n) is 7.01. The normalized spacial score (nSPS) is 11.3. The fourth-order valence-electron chi connectivity index (χ4n) is 2.01. The first kappa shape index (κ1) is 16.4. The van der Waals surface area contributed by atoms with Gasteiger partial charge in [-0.15, -0.1) is 0 Å². The number of amides is 1. The number of hydrazone groups is 1. The van der Waals surface area contributed by atoms with Gasteiger partial charge in [0.2, 0.25) is 0 Å². The number of carboxylic acids is 1. The van der Waals surface area contributed by atoms with Gasteiger partial charge in [0.25, 0.3) is 5.91 Å². The highest BCUT2D eigenvalue weighted by molar-refractivity contribution is 6.01. The van der Waals surface area contributed by atoms with Crippen LogP contribution in [-0.4, -0.2) is 22.6 Å². The Kier molecular flexibility index (Phi) is 5.24. The van der Waals surface area contributed by atoms with E-state index in [9.17, 15) is 14.7 Å². The molecule has 0 spiro atoms. The van der Waals surface area contributed by atoms with E-state index in [1.807, 2.05) is 0 Å². The van der Waals surface area contributed by atoms with Crippen molar-refractivity contribution in [2.24, 2.45) is 5.10 Å². The monoisotopic (exact) mass is 314 g/mol. The predicted molar refractivity (Wildman–Crippen MR) is 80.7 cm³/mol. The molecule has 1 N–H and O–H groups in total. The van der Waals surface area contributed by atoms with Crippen LogP contribution in [0.4, 0.5) is 0 Å². The van der Waals surface area contributed by atoms with Crippen molar-refractivity contribution < 1.29 is 19.1 Å². The van der Waals surface area contributed by atoms with Crippen LogP contribution in [0.25, 0.3) is 0 Å². The van der Waals surface area contributed by atoms with Crippen LogP contribution in [-0.2, 0) is 11.2 Å². The van der Waals surface area contributed by atoms with Gasteiger partial charge in [-0.2, -0.15) is 5.10 Å². The van der Waals surface area contributed by atoms with Crippen LogP contribution < -0.4 is 10.5 Å². The number of carboxylic acid groups (broad SMARTS) is 1. The summed E-state index contributed by atoms with van der Waals surface area (Å²) in [7, 11) is 0. The molecule has 7 nitrogen and oxygen atoms in total. The summed E-state index contributed by atoms with van der Waals surface area (Å²) < 4.78 is 5.48. The highest BCUT2D eigenvalue weighted by Gasteiger charge is 2.11. The number of nitrogens with zero attached hydrogens (tertiary/aromatic N) is 2. The lowest BCUT2D eigenvalue weighted by Gasteiger charge is -2.01. The predicted octanol–water partition coefficient (Wildman–Crippen LogP) is 0.820. The lowest BCUT2D eigenvalue weighted by atomic mass is 10.1. The van der Waals surface area contributed by atoms with Crippen LogP contribution >= 0.6 is 0 Å². The smallest absolute Gasteiger partial charge is 0.272 e. The van der Waals surface area contributed by atoms with Crippen LogP contribution in [0.15, 0.2) is 40.1 Å². The van der Waals surface area contributed by atoms with Crippen LogP contribution in [0, 0.1) is 6.92 Å². The van der Waals surface area contributed by atoms with Gasteiger partial charge in [-0.1, -0.05) is 0 Å². The molecule has 2 rings (SSSR count). The molecule has 0 radical (unpaired) electrons. The molecule has 2 aromatic rings. The summed E-state index contributed by atoms with van der Waals surface area (Å²) >= 11 is 0. The topological polar surface area (TPSA) is 108 Å². The zero-order chi connectivity index (χ0) is 16.8. The van der Waals surface area contributed by atoms with Crippen LogP contribution in [0.3, 0.4) is 0 Å². The van der Waals surface area contributed by atoms with Gasteiger partial charge in [0.15, 0.2) is 0 Å². The number of hydrogen-bond donors (Lipinski definition) is 1. The van der Waals surface area contributed by atoms with E-state index in [1.54, 1.807) is 38.2 Å². The van der Waals surface area contributed by atoms with E-state index in [0.29, 0.717) is 28.4 Å². The maximum atomic E-state index is 11.9. The Morgan fingerprint density at radius 2 is 2.22 bits per heavy atom. The van der Waals surface area contributed by atoms with E-state index in [2.05, 4.69) is 15.5 Å². The zero-order valence-corrected chi connectivity index (χ0v) is 12.8. The van der Waals surface area contributed by atoms with Gasteiger partial charge >= 0.3 is 0 Å². The minimum Gasteiger partial charge on any atom is -0.550 e. The van der Waals surface area contributed by atoms with Crippen molar-refractivity contribution in [2.75, 3.05) is 0 Å². The van der Waals surface area contributed by atoms with Crippen LogP contribution in [0.2, 0.25) is 0 Å². The highest BCUT2D eigenvalue weighted by atomic mass is 16.4. The molecule has 23 heavy (non-hydrogen) atoms. The van der Waals surface area contributed by atoms with Gasteiger partial charge in [-0.05, 0) is 38.5 Å². The number of nitrogens with one attached hydrogen (secondary N) is 1. The Morgan fingerprint density at radius 3 is 2.87 bits per heavy atom. The molecule has 0 aromatic carbocycles. The fourth-order valence-corrected chi connectivity index (χ4v) is 2.01.